The maximum Gasteiger partial charge on any atom is 0.270 e. The van der Waals surface area contributed by atoms with Gasteiger partial charge in [-0.25, -0.2) is 4.98 Å². The monoisotopic (exact) mass is 525 g/mol. The molecule has 2 saturated carbocycles. The van der Waals surface area contributed by atoms with Crippen molar-refractivity contribution in [1.82, 2.24) is 15.6 Å². The Labute approximate surface area is 229 Å². The van der Waals surface area contributed by atoms with E-state index in [2.05, 4.69) is 27.9 Å². The van der Waals surface area contributed by atoms with E-state index in [-0.39, 0.29) is 29.8 Å². The maximum absolute atomic E-state index is 13.1. The first-order valence-electron chi connectivity index (χ1n) is 13.5. The first kappa shape index (κ1) is 27.8. The summed E-state index contributed by atoms with van der Waals surface area (Å²) in [6.45, 7) is 4.31. The number of ketones is 1. The van der Waals surface area contributed by atoms with Crippen molar-refractivity contribution in [3.63, 3.8) is 0 Å². The first-order chi connectivity index (χ1) is 18.8. The van der Waals surface area contributed by atoms with E-state index in [0.717, 1.165) is 42.4 Å². The van der Waals surface area contributed by atoms with Crippen LogP contribution in [0.15, 0.2) is 36.5 Å². The highest BCUT2D eigenvalue weighted by Crippen LogP contribution is 2.39. The molecule has 2 aromatic rings. The zero-order chi connectivity index (χ0) is 27.9. The van der Waals surface area contributed by atoms with E-state index >= 15 is 0 Å². The Balaban J connectivity index is 1.45. The predicted octanol–water partition coefficient (Wildman–Crippen LogP) is 3.54. The number of nitrogens with one attached hydrogen (secondary N) is 2. The molecule has 0 saturated heterocycles. The number of pyridine rings is 1. The molecule has 1 aromatic heterocycles. The lowest BCUT2D eigenvalue weighted by molar-refractivity contribution is -0.121. The van der Waals surface area contributed by atoms with Crippen LogP contribution in [0.2, 0.25) is 0 Å². The molecule has 2 aliphatic rings. The van der Waals surface area contributed by atoms with Gasteiger partial charge < -0.3 is 16.4 Å². The lowest BCUT2D eigenvalue weighted by Gasteiger charge is -2.20. The summed E-state index contributed by atoms with van der Waals surface area (Å²) in [5, 5.41) is 25.6. The van der Waals surface area contributed by atoms with Gasteiger partial charge in [0.2, 0.25) is 0 Å². The molecule has 9 nitrogen and oxygen atoms in total. The van der Waals surface area contributed by atoms with Crippen molar-refractivity contribution in [2.75, 3.05) is 18.0 Å². The molecule has 2 fully saturated rings. The van der Waals surface area contributed by atoms with Crippen molar-refractivity contribution >= 4 is 23.0 Å². The molecule has 1 unspecified atom stereocenters. The summed E-state index contributed by atoms with van der Waals surface area (Å²) in [5.41, 5.74) is 10.3. The van der Waals surface area contributed by atoms with Crippen LogP contribution < -0.4 is 21.3 Å². The second kappa shape index (κ2) is 12.6. The smallest absolute Gasteiger partial charge is 0.270 e. The molecular formula is C30H35N7O2. The number of Topliss-reactive ketones (excluding diaryl/α,β-unsaturated/α-hetero) is 1. The normalized spacial score (nSPS) is 15.6. The number of nitrogens with two attached hydrogens (primary N) is 1. The quantitative estimate of drug-likeness (QED) is 0.266. The summed E-state index contributed by atoms with van der Waals surface area (Å²) in [6.07, 6.45) is 9.12. The number of hydrogen-bond donors (Lipinski definition) is 3. The molecule has 4 rings (SSSR count). The van der Waals surface area contributed by atoms with Crippen LogP contribution in [0.1, 0.15) is 71.9 Å². The number of anilines is 1. The first-order valence-corrected chi connectivity index (χ1v) is 13.5. The number of amides is 1. The number of hydrogen-bond acceptors (Lipinski definition) is 8. The van der Waals surface area contributed by atoms with E-state index in [1.807, 2.05) is 12.3 Å². The van der Waals surface area contributed by atoms with Gasteiger partial charge in [-0.05, 0) is 98.9 Å². The summed E-state index contributed by atoms with van der Waals surface area (Å²) < 4.78 is 0. The van der Waals surface area contributed by atoms with Crippen molar-refractivity contribution in [3.05, 3.63) is 64.6 Å². The fourth-order valence-corrected chi connectivity index (χ4v) is 4.74. The highest BCUT2D eigenvalue weighted by atomic mass is 16.2. The number of nitriles is 2. The van der Waals surface area contributed by atoms with E-state index in [1.165, 1.54) is 4.90 Å². The minimum Gasteiger partial charge on any atom is -0.388 e. The van der Waals surface area contributed by atoms with Gasteiger partial charge in [-0.1, -0.05) is 0 Å². The van der Waals surface area contributed by atoms with E-state index in [9.17, 15) is 20.1 Å². The molecule has 1 atom stereocenters. The van der Waals surface area contributed by atoms with E-state index < -0.39 is 0 Å². The fourth-order valence-electron chi connectivity index (χ4n) is 4.74. The SMILES string of the molecule is CC(=O)C(CCN(C#N)c1cc(C)nc(C(=O)NCc2cc(C#N)cc(/C(=C/NC3CC3)CN)c2)c1)C1CC1. The number of rotatable bonds is 13. The second-order valence-corrected chi connectivity index (χ2v) is 10.5. The molecule has 0 radical (unpaired) electrons. The Kier molecular flexibility index (Phi) is 8.96. The molecule has 39 heavy (non-hydrogen) atoms. The van der Waals surface area contributed by atoms with Gasteiger partial charge in [0.15, 0.2) is 6.19 Å². The predicted molar refractivity (Wildman–Crippen MR) is 149 cm³/mol. The van der Waals surface area contributed by atoms with Crippen LogP contribution in [0.5, 0.6) is 0 Å². The molecule has 0 bridgehead atoms. The molecule has 9 heteroatoms. The Morgan fingerprint density at radius 1 is 1.18 bits per heavy atom. The van der Waals surface area contributed by atoms with Crippen LogP contribution in [-0.2, 0) is 11.3 Å². The molecular weight excluding hydrogens is 490 g/mol. The summed E-state index contributed by atoms with van der Waals surface area (Å²) in [5.74, 6) is 0.179. The summed E-state index contributed by atoms with van der Waals surface area (Å²) in [4.78, 5) is 31.0. The summed E-state index contributed by atoms with van der Waals surface area (Å²) in [6, 6.07) is 11.5. The van der Waals surface area contributed by atoms with E-state index in [0.29, 0.717) is 48.4 Å². The van der Waals surface area contributed by atoms with Gasteiger partial charge in [-0.2, -0.15) is 10.5 Å². The number of carbonyl (C=O) groups excluding carboxylic acids is 2. The number of aryl methyl sites for hydroxylation is 1. The third kappa shape index (κ3) is 7.66. The second-order valence-electron chi connectivity index (χ2n) is 10.5. The van der Waals surface area contributed by atoms with Crippen molar-refractivity contribution < 1.29 is 9.59 Å². The van der Waals surface area contributed by atoms with Crippen molar-refractivity contribution in [1.29, 1.82) is 10.5 Å². The average Bonchev–Trinajstić information content (AvgIpc) is 3.85. The lowest BCUT2D eigenvalue weighted by Crippen LogP contribution is -2.26. The third-order valence-electron chi connectivity index (χ3n) is 7.22. The van der Waals surface area contributed by atoms with Gasteiger partial charge in [0, 0.05) is 43.5 Å². The van der Waals surface area contributed by atoms with Gasteiger partial charge >= 0.3 is 0 Å². The highest BCUT2D eigenvalue weighted by Gasteiger charge is 2.34. The summed E-state index contributed by atoms with van der Waals surface area (Å²) in [7, 11) is 0. The number of carbonyl (C=O) groups is 2. The molecule has 2 aliphatic carbocycles. The number of aromatic nitrogens is 1. The van der Waals surface area contributed by atoms with Crippen LogP contribution >= 0.6 is 0 Å². The standard InChI is InChI=1S/C30H35N7O2/c1-19-9-27(37(18-33)8-7-28(20(2)38)23-3-4-23)13-29(36-19)30(39)35-16-22-10-21(14-31)11-24(12-22)25(15-32)17-34-26-5-6-26/h9-13,17,23,26,28,34H,3-8,15-16,32H2,1-2H3,(H,35,39)/b25-17+. The minimum atomic E-state index is -0.383. The van der Waals surface area contributed by atoms with Gasteiger partial charge in [-0.15, -0.1) is 0 Å². The van der Waals surface area contributed by atoms with Crippen molar-refractivity contribution in [3.8, 4) is 12.3 Å². The van der Waals surface area contributed by atoms with Crippen LogP contribution in [0.4, 0.5) is 5.69 Å². The Morgan fingerprint density at radius 3 is 2.56 bits per heavy atom. The lowest BCUT2D eigenvalue weighted by atomic mass is 9.95. The topological polar surface area (TPSA) is 148 Å². The largest absolute Gasteiger partial charge is 0.388 e. The van der Waals surface area contributed by atoms with E-state index in [4.69, 9.17) is 5.73 Å². The van der Waals surface area contributed by atoms with Gasteiger partial charge in [0.05, 0.1) is 17.3 Å². The molecule has 0 spiro atoms. The van der Waals surface area contributed by atoms with Gasteiger partial charge in [0.25, 0.3) is 5.91 Å². The number of nitrogens with zero attached hydrogens (tertiary/aromatic N) is 4. The van der Waals surface area contributed by atoms with Crippen LogP contribution in [0.3, 0.4) is 0 Å². The molecule has 202 valence electrons. The Morgan fingerprint density at radius 2 is 1.95 bits per heavy atom. The average molecular weight is 526 g/mol. The summed E-state index contributed by atoms with van der Waals surface area (Å²) >= 11 is 0. The van der Waals surface area contributed by atoms with Crippen molar-refractivity contribution in [2.24, 2.45) is 17.6 Å². The molecule has 4 N–H and O–H groups in total. The van der Waals surface area contributed by atoms with E-state index in [1.54, 1.807) is 38.1 Å². The van der Waals surface area contributed by atoms with Crippen LogP contribution in [-0.4, -0.2) is 35.8 Å². The Hall–Kier alpha value is -4.21. The minimum absolute atomic E-state index is 0.0280. The number of benzene rings is 1. The maximum atomic E-state index is 13.1. The third-order valence-corrected chi connectivity index (χ3v) is 7.22. The zero-order valence-corrected chi connectivity index (χ0v) is 22.5. The van der Waals surface area contributed by atoms with Gasteiger partial charge in [-0.3, -0.25) is 14.5 Å². The molecule has 1 amide bonds. The molecule has 0 aliphatic heterocycles. The van der Waals surface area contributed by atoms with Crippen LogP contribution in [0.25, 0.3) is 5.57 Å². The zero-order valence-electron chi connectivity index (χ0n) is 22.5. The Bertz CT molecular complexity index is 1350. The highest BCUT2D eigenvalue weighted by molar-refractivity contribution is 5.93. The van der Waals surface area contributed by atoms with Gasteiger partial charge in [0.1, 0.15) is 11.5 Å². The van der Waals surface area contributed by atoms with Crippen molar-refractivity contribution in [2.45, 2.75) is 58.5 Å². The van der Waals surface area contributed by atoms with Crippen LogP contribution in [0, 0.1) is 41.5 Å². The molecule has 1 aromatic carbocycles. The fraction of sp³-hybridized carbons (Fsp3) is 0.433. The molecule has 1 heterocycles.